The number of benzene rings is 6. The molecule has 1 heterocycles. The molecule has 0 aromatic heterocycles. The zero-order chi connectivity index (χ0) is 29.7. The quantitative estimate of drug-likeness (QED) is 0.206. The summed E-state index contributed by atoms with van der Waals surface area (Å²) in [5.74, 6) is 0.856. The average molecular weight is 569 g/mol. The van der Waals surface area contributed by atoms with E-state index in [0.29, 0.717) is 0 Å². The first-order valence-electron chi connectivity index (χ1n) is 15.1. The van der Waals surface area contributed by atoms with Gasteiger partial charge in [0.2, 0.25) is 0 Å². The van der Waals surface area contributed by atoms with Crippen molar-refractivity contribution in [2.75, 3.05) is 9.80 Å². The minimum absolute atomic E-state index is 0.0561. The molecule has 0 saturated heterocycles. The summed E-state index contributed by atoms with van der Waals surface area (Å²) >= 11 is 0. The molecule has 8 rings (SSSR count). The Hall–Kier alpha value is -5.54. The van der Waals surface area contributed by atoms with Gasteiger partial charge in [-0.15, -0.1) is 0 Å². The first kappa shape index (κ1) is 26.1. The predicted molar refractivity (Wildman–Crippen MR) is 182 cm³/mol. The minimum Gasteiger partial charge on any atom is -0.461 e. The van der Waals surface area contributed by atoms with Gasteiger partial charge in [-0.2, -0.15) is 0 Å². The molecule has 3 heteroatoms. The third-order valence-electron chi connectivity index (χ3n) is 8.97. The minimum atomic E-state index is -0.0561. The van der Waals surface area contributed by atoms with Crippen molar-refractivity contribution in [1.29, 1.82) is 0 Å². The molecule has 0 saturated carbocycles. The van der Waals surface area contributed by atoms with Crippen molar-refractivity contribution < 1.29 is 4.74 Å². The Labute approximate surface area is 258 Å². The van der Waals surface area contributed by atoms with Crippen LogP contribution in [0, 0.1) is 0 Å². The van der Waals surface area contributed by atoms with Gasteiger partial charge in [-0.05, 0) is 94.0 Å². The van der Waals surface area contributed by atoms with E-state index in [1.165, 1.54) is 33.4 Å². The van der Waals surface area contributed by atoms with Crippen molar-refractivity contribution in [3.63, 3.8) is 0 Å². The van der Waals surface area contributed by atoms with Gasteiger partial charge in [0, 0.05) is 34.4 Å². The van der Waals surface area contributed by atoms with Crippen LogP contribution in [0.3, 0.4) is 0 Å². The van der Waals surface area contributed by atoms with Crippen molar-refractivity contribution in [3.05, 3.63) is 169 Å². The largest absolute Gasteiger partial charge is 0.461 e. The number of ether oxygens (including phenoxy) is 1. The molecule has 6 aromatic carbocycles. The molecule has 212 valence electrons. The maximum atomic E-state index is 5.68. The van der Waals surface area contributed by atoms with Crippen LogP contribution >= 0.6 is 0 Å². The molecule has 0 amide bonds. The number of para-hydroxylation sites is 3. The maximum absolute atomic E-state index is 5.68. The molecule has 0 bridgehead atoms. The molecule has 0 atom stereocenters. The summed E-state index contributed by atoms with van der Waals surface area (Å²) in [7, 11) is 0. The standard InChI is InChI=1S/C41H32N2O/c1-41(2)37-13-7-6-12-35(37)36-25-24-34(28-38(36)41)43(32-10-4-3-5-11-32)33-22-18-30(19-23-33)29-16-20-31(21-17-29)42-26-27-44-40-15-9-8-14-39(40)42/h3-28H,1-2H3. The van der Waals surface area contributed by atoms with Crippen LogP contribution in [0.15, 0.2) is 158 Å². The molecule has 2 aliphatic rings. The highest BCUT2D eigenvalue weighted by Crippen LogP contribution is 2.50. The highest BCUT2D eigenvalue weighted by atomic mass is 16.5. The van der Waals surface area contributed by atoms with Gasteiger partial charge < -0.3 is 14.5 Å². The second kappa shape index (κ2) is 10.3. The number of anilines is 5. The van der Waals surface area contributed by atoms with Crippen molar-refractivity contribution in [1.82, 2.24) is 0 Å². The van der Waals surface area contributed by atoms with Gasteiger partial charge in [-0.3, -0.25) is 0 Å². The third kappa shape index (κ3) is 4.28. The van der Waals surface area contributed by atoms with E-state index in [0.717, 1.165) is 34.2 Å². The number of hydrogen-bond acceptors (Lipinski definition) is 3. The van der Waals surface area contributed by atoms with E-state index >= 15 is 0 Å². The molecule has 0 N–H and O–H groups in total. The number of rotatable bonds is 5. The Morgan fingerprint density at radius 3 is 1.95 bits per heavy atom. The Morgan fingerprint density at radius 2 is 1.16 bits per heavy atom. The molecule has 0 radical (unpaired) electrons. The number of nitrogens with zero attached hydrogens (tertiary/aromatic N) is 2. The second-order valence-electron chi connectivity index (χ2n) is 11.9. The molecular weight excluding hydrogens is 536 g/mol. The lowest BCUT2D eigenvalue weighted by Gasteiger charge is -2.28. The zero-order valence-electron chi connectivity index (χ0n) is 24.8. The molecular formula is C41H32N2O. The summed E-state index contributed by atoms with van der Waals surface area (Å²) in [4.78, 5) is 4.51. The fourth-order valence-electron chi connectivity index (χ4n) is 6.70. The van der Waals surface area contributed by atoms with E-state index in [4.69, 9.17) is 4.74 Å². The average Bonchev–Trinajstić information content (AvgIpc) is 3.31. The van der Waals surface area contributed by atoms with Gasteiger partial charge in [0.05, 0.1) is 5.69 Å². The summed E-state index contributed by atoms with van der Waals surface area (Å²) < 4.78 is 5.68. The Balaban J connectivity index is 1.13. The predicted octanol–water partition coefficient (Wildman–Crippen LogP) is 11.1. The topological polar surface area (TPSA) is 15.7 Å². The molecule has 0 spiro atoms. The van der Waals surface area contributed by atoms with Crippen LogP contribution in [0.25, 0.3) is 22.3 Å². The van der Waals surface area contributed by atoms with Crippen molar-refractivity contribution in [2.45, 2.75) is 19.3 Å². The van der Waals surface area contributed by atoms with Crippen LogP contribution in [-0.2, 0) is 5.41 Å². The van der Waals surface area contributed by atoms with E-state index in [1.54, 1.807) is 6.26 Å². The van der Waals surface area contributed by atoms with Crippen LogP contribution in [0.1, 0.15) is 25.0 Å². The van der Waals surface area contributed by atoms with Gasteiger partial charge in [-0.25, -0.2) is 0 Å². The third-order valence-corrected chi connectivity index (χ3v) is 8.97. The maximum Gasteiger partial charge on any atom is 0.150 e. The Morgan fingerprint density at radius 1 is 0.545 bits per heavy atom. The van der Waals surface area contributed by atoms with Crippen molar-refractivity contribution in [2.24, 2.45) is 0 Å². The van der Waals surface area contributed by atoms with Crippen LogP contribution < -0.4 is 14.5 Å². The van der Waals surface area contributed by atoms with Gasteiger partial charge in [0.1, 0.15) is 6.26 Å². The highest BCUT2D eigenvalue weighted by molar-refractivity contribution is 5.86. The van der Waals surface area contributed by atoms with E-state index in [9.17, 15) is 0 Å². The molecule has 3 nitrogen and oxygen atoms in total. The van der Waals surface area contributed by atoms with Crippen molar-refractivity contribution >= 4 is 28.4 Å². The van der Waals surface area contributed by atoms with Gasteiger partial charge in [0.25, 0.3) is 0 Å². The van der Waals surface area contributed by atoms with Gasteiger partial charge >= 0.3 is 0 Å². The lowest BCUT2D eigenvalue weighted by atomic mass is 9.82. The normalized spacial score (nSPS) is 13.9. The van der Waals surface area contributed by atoms with E-state index in [2.05, 4.69) is 151 Å². The Kier molecular flexibility index (Phi) is 6.13. The summed E-state index contributed by atoms with van der Waals surface area (Å²) in [6.07, 6.45) is 3.69. The van der Waals surface area contributed by atoms with Crippen LogP contribution in [0.4, 0.5) is 28.4 Å². The van der Waals surface area contributed by atoms with E-state index < -0.39 is 0 Å². The smallest absolute Gasteiger partial charge is 0.150 e. The van der Waals surface area contributed by atoms with Gasteiger partial charge in [0.15, 0.2) is 5.75 Å². The SMILES string of the molecule is CC1(C)c2ccccc2-c2ccc(N(c3ccccc3)c3ccc(-c4ccc(N5C=COc6ccccc65)cc4)cc3)cc21. The summed E-state index contributed by atoms with van der Waals surface area (Å²) in [6, 6.07) is 52.1. The van der Waals surface area contributed by atoms with Crippen LogP contribution in [-0.4, -0.2) is 0 Å². The summed E-state index contributed by atoms with van der Waals surface area (Å²) in [6.45, 7) is 4.67. The first-order valence-corrected chi connectivity index (χ1v) is 15.1. The molecule has 1 aliphatic carbocycles. The lowest BCUT2D eigenvalue weighted by Crippen LogP contribution is -2.16. The first-order chi connectivity index (χ1) is 21.6. The van der Waals surface area contributed by atoms with Crippen LogP contribution in [0.2, 0.25) is 0 Å². The van der Waals surface area contributed by atoms with Crippen LogP contribution in [0.5, 0.6) is 5.75 Å². The molecule has 1 aliphatic heterocycles. The molecule has 0 fully saturated rings. The Bertz CT molecular complexity index is 2010. The fraction of sp³-hybridized carbons (Fsp3) is 0.0732. The second-order valence-corrected chi connectivity index (χ2v) is 11.9. The fourth-order valence-corrected chi connectivity index (χ4v) is 6.70. The van der Waals surface area contributed by atoms with E-state index in [-0.39, 0.29) is 5.41 Å². The summed E-state index contributed by atoms with van der Waals surface area (Å²) in [5.41, 5.74) is 13.3. The van der Waals surface area contributed by atoms with E-state index in [1.807, 2.05) is 24.4 Å². The monoisotopic (exact) mass is 568 g/mol. The number of fused-ring (bicyclic) bond motifs is 4. The molecule has 44 heavy (non-hydrogen) atoms. The lowest BCUT2D eigenvalue weighted by molar-refractivity contribution is 0.473. The summed E-state index contributed by atoms with van der Waals surface area (Å²) in [5, 5.41) is 0. The van der Waals surface area contributed by atoms with Gasteiger partial charge in [-0.1, -0.05) is 98.8 Å². The zero-order valence-corrected chi connectivity index (χ0v) is 24.8. The molecule has 6 aromatic rings. The highest BCUT2D eigenvalue weighted by Gasteiger charge is 2.35. The number of hydrogen-bond donors (Lipinski definition) is 0. The molecule has 0 unspecified atom stereocenters. The van der Waals surface area contributed by atoms with Crippen molar-refractivity contribution in [3.8, 4) is 28.0 Å².